The molecule has 35 heavy (non-hydrogen) atoms. The number of carbonyl (C=O) groups is 3. The lowest BCUT2D eigenvalue weighted by atomic mass is 9.94. The van der Waals surface area contributed by atoms with E-state index in [1.165, 1.54) is 48.1 Å². The van der Waals surface area contributed by atoms with Crippen molar-refractivity contribution in [3.05, 3.63) is 81.0 Å². The number of non-ortho nitro benzene ring substituents is 1. The summed E-state index contributed by atoms with van der Waals surface area (Å²) >= 11 is 0. The van der Waals surface area contributed by atoms with E-state index in [2.05, 4.69) is 5.32 Å². The molecule has 0 saturated carbocycles. The van der Waals surface area contributed by atoms with Gasteiger partial charge in [-0.05, 0) is 31.0 Å². The summed E-state index contributed by atoms with van der Waals surface area (Å²) in [7, 11) is 3.12. The summed E-state index contributed by atoms with van der Waals surface area (Å²) in [6, 6.07) is 10.8. The molecule has 11 nitrogen and oxygen atoms in total. The Kier molecular flexibility index (Phi) is 7.69. The molecule has 2 aromatic carbocycles. The fraction of sp³-hybridized carbons (Fsp3) is 0.292. The van der Waals surface area contributed by atoms with E-state index >= 15 is 0 Å². The third-order valence-corrected chi connectivity index (χ3v) is 5.80. The molecule has 1 aliphatic rings. The molecule has 1 atom stereocenters. The van der Waals surface area contributed by atoms with E-state index in [0.717, 1.165) is 0 Å². The molecule has 184 valence electrons. The number of allylic oxidation sites excluding steroid dienone is 1. The second-order valence-corrected chi connectivity index (χ2v) is 7.97. The molecule has 3 amide bonds. The Morgan fingerprint density at radius 2 is 1.94 bits per heavy atom. The number of nitro benzene ring substituents is 1. The van der Waals surface area contributed by atoms with Gasteiger partial charge in [-0.3, -0.25) is 19.8 Å². The summed E-state index contributed by atoms with van der Waals surface area (Å²) in [5.74, 6) is -1.03. The number of nitro groups is 1. The smallest absolute Gasteiger partial charge is 0.335 e. The van der Waals surface area contributed by atoms with Crippen molar-refractivity contribution >= 4 is 23.6 Å². The molecular formula is C24H26N4O7. The molecular weight excluding hydrogens is 456 g/mol. The highest BCUT2D eigenvalue weighted by Gasteiger charge is 2.36. The number of nitrogens with one attached hydrogen (secondary N) is 1. The number of carbonyl (C=O) groups excluding carboxylic acids is 2. The maximum Gasteiger partial charge on any atom is 0.335 e. The molecule has 0 aromatic heterocycles. The highest BCUT2D eigenvalue weighted by molar-refractivity contribution is 5.97. The highest BCUT2D eigenvalue weighted by Crippen LogP contribution is 2.32. The largest absolute Gasteiger partial charge is 0.496 e. The van der Waals surface area contributed by atoms with Crippen molar-refractivity contribution in [1.82, 2.24) is 15.1 Å². The Labute approximate surface area is 201 Å². The average molecular weight is 482 g/mol. The van der Waals surface area contributed by atoms with E-state index in [1.54, 1.807) is 31.3 Å². The molecule has 0 saturated heterocycles. The first-order chi connectivity index (χ1) is 16.6. The topological polar surface area (TPSA) is 142 Å². The van der Waals surface area contributed by atoms with Crippen LogP contribution in [0.5, 0.6) is 5.75 Å². The zero-order valence-electron chi connectivity index (χ0n) is 19.6. The number of carboxylic acid groups (broad SMARTS) is 1. The lowest BCUT2D eigenvalue weighted by Gasteiger charge is -2.35. The van der Waals surface area contributed by atoms with E-state index in [4.69, 9.17) is 4.74 Å². The number of carboxylic acids is 1. The summed E-state index contributed by atoms with van der Waals surface area (Å²) in [5.41, 5.74) is 0.660. The van der Waals surface area contributed by atoms with Gasteiger partial charge >= 0.3 is 12.0 Å². The number of aliphatic carboxylic acids is 1. The molecule has 1 heterocycles. The van der Waals surface area contributed by atoms with Crippen molar-refractivity contribution in [3.63, 3.8) is 0 Å². The normalized spacial score (nSPS) is 15.5. The van der Waals surface area contributed by atoms with Gasteiger partial charge in [-0.2, -0.15) is 0 Å². The summed E-state index contributed by atoms with van der Waals surface area (Å²) in [6.45, 7) is 2.00. The van der Waals surface area contributed by atoms with Crippen LogP contribution in [0.2, 0.25) is 0 Å². The van der Waals surface area contributed by atoms with E-state index in [1.807, 2.05) is 0 Å². The number of nitrogens with zero attached hydrogens (tertiary/aromatic N) is 3. The minimum Gasteiger partial charge on any atom is -0.496 e. The predicted octanol–water partition coefficient (Wildman–Crippen LogP) is 3.19. The number of hydrogen-bond acceptors (Lipinski definition) is 6. The summed E-state index contributed by atoms with van der Waals surface area (Å²) in [4.78, 5) is 51.0. The molecule has 0 radical (unpaired) electrons. The third kappa shape index (κ3) is 5.40. The molecule has 0 aliphatic carbocycles. The number of methoxy groups -OCH3 is 1. The molecule has 1 aliphatic heterocycles. The lowest BCUT2D eigenvalue weighted by Crippen LogP contribution is -2.48. The van der Waals surface area contributed by atoms with Gasteiger partial charge in [-0.15, -0.1) is 0 Å². The lowest BCUT2D eigenvalue weighted by molar-refractivity contribution is -0.384. The molecule has 1 unspecified atom stereocenters. The van der Waals surface area contributed by atoms with Gasteiger partial charge in [0.15, 0.2) is 0 Å². The number of benzene rings is 2. The van der Waals surface area contributed by atoms with Crippen LogP contribution in [0.15, 0.2) is 59.8 Å². The van der Waals surface area contributed by atoms with Crippen molar-refractivity contribution in [2.75, 3.05) is 27.2 Å². The maximum atomic E-state index is 12.8. The molecule has 2 N–H and O–H groups in total. The van der Waals surface area contributed by atoms with Crippen LogP contribution in [-0.4, -0.2) is 65.0 Å². The second kappa shape index (κ2) is 10.7. The molecule has 0 fully saturated rings. The van der Waals surface area contributed by atoms with Crippen LogP contribution < -0.4 is 10.1 Å². The number of rotatable bonds is 9. The van der Waals surface area contributed by atoms with Crippen LogP contribution in [-0.2, 0) is 4.79 Å². The number of amides is 3. The Hall–Kier alpha value is -4.41. The van der Waals surface area contributed by atoms with Crippen LogP contribution in [0.4, 0.5) is 10.5 Å². The summed E-state index contributed by atoms with van der Waals surface area (Å²) in [6.07, 6.45) is 0.385. The first-order valence-corrected chi connectivity index (χ1v) is 10.8. The van der Waals surface area contributed by atoms with E-state index in [0.29, 0.717) is 29.8 Å². The van der Waals surface area contributed by atoms with Crippen molar-refractivity contribution in [3.8, 4) is 5.75 Å². The predicted molar refractivity (Wildman–Crippen MR) is 126 cm³/mol. The van der Waals surface area contributed by atoms with Gasteiger partial charge in [0.1, 0.15) is 5.75 Å². The molecule has 3 rings (SSSR count). The van der Waals surface area contributed by atoms with Gasteiger partial charge in [0.2, 0.25) is 0 Å². The Morgan fingerprint density at radius 3 is 2.60 bits per heavy atom. The van der Waals surface area contributed by atoms with Gasteiger partial charge < -0.3 is 20.1 Å². The Bertz CT molecular complexity index is 1190. The van der Waals surface area contributed by atoms with Crippen molar-refractivity contribution in [1.29, 1.82) is 0 Å². The maximum absolute atomic E-state index is 12.8. The number of urea groups is 1. The van der Waals surface area contributed by atoms with Crippen LogP contribution >= 0.6 is 0 Å². The van der Waals surface area contributed by atoms with Crippen LogP contribution in [0.1, 0.15) is 35.3 Å². The zero-order chi connectivity index (χ0) is 25.7. The van der Waals surface area contributed by atoms with Gasteiger partial charge in [-0.25, -0.2) is 9.59 Å². The molecule has 0 spiro atoms. The Morgan fingerprint density at radius 1 is 1.23 bits per heavy atom. The van der Waals surface area contributed by atoms with E-state index in [9.17, 15) is 29.6 Å². The molecule has 2 aromatic rings. The number of para-hydroxylation sites is 1. The van der Waals surface area contributed by atoms with Crippen molar-refractivity contribution in [2.45, 2.75) is 19.4 Å². The first kappa shape index (κ1) is 25.2. The SMILES string of the molecule is COc1ccccc1C(=O)N(C)CCCN1C(=O)NC(c2cccc([N+](=O)[O-])c2)C(C(=O)O)=C1C. The fourth-order valence-electron chi connectivity index (χ4n) is 3.99. The Balaban J connectivity index is 1.75. The van der Waals surface area contributed by atoms with E-state index in [-0.39, 0.29) is 29.4 Å². The van der Waals surface area contributed by atoms with Crippen molar-refractivity contribution in [2.24, 2.45) is 0 Å². The monoisotopic (exact) mass is 482 g/mol. The summed E-state index contributed by atoms with van der Waals surface area (Å²) in [5, 5.41) is 23.6. The summed E-state index contributed by atoms with van der Waals surface area (Å²) < 4.78 is 5.24. The minimum atomic E-state index is -1.24. The molecule has 0 bridgehead atoms. The second-order valence-electron chi connectivity index (χ2n) is 7.97. The van der Waals surface area contributed by atoms with Gasteiger partial charge in [0, 0.05) is 38.0 Å². The van der Waals surface area contributed by atoms with Crippen LogP contribution in [0.25, 0.3) is 0 Å². The van der Waals surface area contributed by atoms with Crippen molar-refractivity contribution < 1.29 is 29.2 Å². The first-order valence-electron chi connectivity index (χ1n) is 10.8. The van der Waals surface area contributed by atoms with Gasteiger partial charge in [0.25, 0.3) is 11.6 Å². The van der Waals surface area contributed by atoms with Crippen LogP contribution in [0.3, 0.4) is 0 Å². The highest BCUT2D eigenvalue weighted by atomic mass is 16.6. The zero-order valence-corrected chi connectivity index (χ0v) is 19.6. The average Bonchev–Trinajstić information content (AvgIpc) is 2.84. The van der Waals surface area contributed by atoms with E-state index < -0.39 is 23.0 Å². The minimum absolute atomic E-state index is 0.0800. The third-order valence-electron chi connectivity index (χ3n) is 5.80. The molecule has 11 heteroatoms. The van der Waals surface area contributed by atoms with Crippen LogP contribution in [0, 0.1) is 10.1 Å². The van der Waals surface area contributed by atoms with Gasteiger partial charge in [-0.1, -0.05) is 24.3 Å². The quantitative estimate of drug-likeness (QED) is 0.413. The number of ether oxygens (including phenoxy) is 1. The fourth-order valence-corrected chi connectivity index (χ4v) is 3.99. The number of hydrogen-bond donors (Lipinski definition) is 2. The van der Waals surface area contributed by atoms with Gasteiger partial charge in [0.05, 0.1) is 29.2 Å². The standard InChI is InChI=1S/C24H26N4O7/c1-15-20(23(30)31)21(16-8-6-9-17(14-16)28(33)34)25-24(32)27(15)13-7-12-26(2)22(29)18-10-4-5-11-19(18)35-3/h4-6,8-11,14,21H,7,12-13H2,1-3H3,(H,25,32)(H,30,31).